The normalized spacial score (nSPS) is 11.5. The molecule has 0 spiro atoms. The summed E-state index contributed by atoms with van der Waals surface area (Å²) < 4.78 is 10.7. The zero-order chi connectivity index (χ0) is 18.6. The van der Waals surface area contributed by atoms with Gasteiger partial charge in [0.1, 0.15) is 11.5 Å². The Morgan fingerprint density at radius 1 is 1.28 bits per heavy atom. The monoisotopic (exact) mass is 364 g/mol. The summed E-state index contributed by atoms with van der Waals surface area (Å²) >= 11 is 5.96. The van der Waals surface area contributed by atoms with E-state index in [9.17, 15) is 14.9 Å². The van der Waals surface area contributed by atoms with Crippen molar-refractivity contribution in [2.24, 2.45) is 0 Å². The number of anilines is 1. The predicted octanol–water partition coefficient (Wildman–Crippen LogP) is 3.97. The van der Waals surface area contributed by atoms with Crippen molar-refractivity contribution in [1.29, 1.82) is 0 Å². The largest absolute Gasteiger partial charge is 0.495 e. The third-order valence-corrected chi connectivity index (χ3v) is 3.89. The number of aryl methyl sites for hydroxylation is 1. The summed E-state index contributed by atoms with van der Waals surface area (Å²) in [5.74, 6) is 0.343. The topological polar surface area (TPSA) is 90.7 Å². The molecule has 132 valence electrons. The first-order chi connectivity index (χ1) is 11.8. The highest BCUT2D eigenvalue weighted by atomic mass is 35.5. The Balaban J connectivity index is 2.13. The maximum atomic E-state index is 12.3. The Morgan fingerprint density at radius 3 is 2.60 bits per heavy atom. The van der Waals surface area contributed by atoms with Gasteiger partial charge in [0.05, 0.1) is 17.7 Å². The second-order valence-corrected chi connectivity index (χ2v) is 5.71. The number of nitro groups is 1. The minimum atomic E-state index is -0.829. The molecule has 0 saturated carbocycles. The molecule has 0 aliphatic rings. The van der Waals surface area contributed by atoms with Crippen LogP contribution < -0.4 is 14.8 Å². The molecule has 0 aliphatic heterocycles. The summed E-state index contributed by atoms with van der Waals surface area (Å²) in [5, 5.41) is 14.1. The van der Waals surface area contributed by atoms with Crippen molar-refractivity contribution in [3.8, 4) is 11.5 Å². The maximum absolute atomic E-state index is 12.3. The molecule has 0 fully saturated rings. The van der Waals surface area contributed by atoms with E-state index in [4.69, 9.17) is 21.1 Å². The predicted molar refractivity (Wildman–Crippen MR) is 94.6 cm³/mol. The minimum absolute atomic E-state index is 0.155. The Labute approximate surface area is 149 Å². The molecule has 0 aliphatic carbocycles. The second kappa shape index (κ2) is 7.85. The summed E-state index contributed by atoms with van der Waals surface area (Å²) in [4.78, 5) is 22.7. The van der Waals surface area contributed by atoms with Crippen molar-refractivity contribution in [2.75, 3.05) is 12.4 Å². The van der Waals surface area contributed by atoms with Crippen LogP contribution in [0.15, 0.2) is 36.4 Å². The van der Waals surface area contributed by atoms with Gasteiger partial charge in [-0.15, -0.1) is 0 Å². The molecule has 25 heavy (non-hydrogen) atoms. The first-order valence-electron chi connectivity index (χ1n) is 7.38. The van der Waals surface area contributed by atoms with Crippen LogP contribution in [0.2, 0.25) is 5.02 Å². The van der Waals surface area contributed by atoms with Gasteiger partial charge in [-0.25, -0.2) is 0 Å². The number of benzene rings is 2. The van der Waals surface area contributed by atoms with E-state index in [0.29, 0.717) is 16.5 Å². The molecule has 7 nitrogen and oxygen atoms in total. The van der Waals surface area contributed by atoms with Crippen molar-refractivity contribution in [1.82, 2.24) is 0 Å². The lowest BCUT2D eigenvalue weighted by molar-refractivity contribution is -0.384. The molecule has 1 N–H and O–H groups in total. The van der Waals surface area contributed by atoms with Crippen LogP contribution in [-0.2, 0) is 4.79 Å². The Morgan fingerprint density at radius 2 is 2.00 bits per heavy atom. The van der Waals surface area contributed by atoms with Crippen molar-refractivity contribution in [3.05, 3.63) is 57.1 Å². The van der Waals surface area contributed by atoms with Gasteiger partial charge in [0.25, 0.3) is 11.6 Å². The molecule has 0 radical (unpaired) electrons. The van der Waals surface area contributed by atoms with Crippen LogP contribution in [0.25, 0.3) is 0 Å². The van der Waals surface area contributed by atoms with Crippen LogP contribution in [0.3, 0.4) is 0 Å². The third kappa shape index (κ3) is 4.60. The Hall–Kier alpha value is -2.80. The highest BCUT2D eigenvalue weighted by Gasteiger charge is 2.19. The molecule has 2 aromatic rings. The smallest absolute Gasteiger partial charge is 0.271 e. The second-order valence-electron chi connectivity index (χ2n) is 5.30. The number of hydrogen-bond acceptors (Lipinski definition) is 5. The molecule has 2 rings (SSSR count). The number of nitrogens with one attached hydrogen (secondary N) is 1. The average molecular weight is 365 g/mol. The van der Waals surface area contributed by atoms with Gasteiger partial charge >= 0.3 is 0 Å². The van der Waals surface area contributed by atoms with Gasteiger partial charge in [-0.05, 0) is 43.7 Å². The van der Waals surface area contributed by atoms with E-state index in [1.54, 1.807) is 25.1 Å². The molecule has 0 heterocycles. The van der Waals surface area contributed by atoms with E-state index in [1.807, 2.05) is 6.92 Å². The lowest BCUT2D eigenvalue weighted by atomic mass is 10.2. The minimum Gasteiger partial charge on any atom is -0.495 e. The number of nitro benzene ring substituents is 1. The molecule has 0 bridgehead atoms. The van der Waals surface area contributed by atoms with E-state index in [1.165, 1.54) is 25.3 Å². The van der Waals surface area contributed by atoms with Crippen LogP contribution in [0, 0.1) is 17.0 Å². The molecule has 1 atom stereocenters. The number of amides is 1. The van der Waals surface area contributed by atoms with Gasteiger partial charge in [0.2, 0.25) is 0 Å². The van der Waals surface area contributed by atoms with E-state index >= 15 is 0 Å². The summed E-state index contributed by atoms with van der Waals surface area (Å²) in [6.45, 7) is 3.40. The number of carbonyl (C=O) groups is 1. The Kier molecular flexibility index (Phi) is 5.82. The Bertz CT molecular complexity index is 810. The van der Waals surface area contributed by atoms with E-state index in [-0.39, 0.29) is 11.4 Å². The zero-order valence-electron chi connectivity index (χ0n) is 13.9. The molecule has 0 unspecified atom stereocenters. The number of hydrogen-bond donors (Lipinski definition) is 1. The van der Waals surface area contributed by atoms with E-state index < -0.39 is 16.9 Å². The van der Waals surface area contributed by atoms with Crippen LogP contribution in [0.1, 0.15) is 12.5 Å². The molecule has 1 amide bonds. The number of methoxy groups -OCH3 is 1. The van der Waals surface area contributed by atoms with Crippen LogP contribution in [0.4, 0.5) is 11.4 Å². The number of ether oxygens (including phenoxy) is 2. The van der Waals surface area contributed by atoms with Gasteiger partial charge < -0.3 is 14.8 Å². The fraction of sp³-hybridized carbons (Fsp3) is 0.235. The molecule has 0 aromatic heterocycles. The van der Waals surface area contributed by atoms with Gasteiger partial charge in [-0.3, -0.25) is 14.9 Å². The number of rotatable bonds is 6. The highest BCUT2D eigenvalue weighted by molar-refractivity contribution is 6.31. The van der Waals surface area contributed by atoms with Crippen molar-refractivity contribution >= 4 is 28.9 Å². The van der Waals surface area contributed by atoms with E-state index in [0.717, 1.165) is 5.56 Å². The van der Waals surface area contributed by atoms with Crippen molar-refractivity contribution in [2.45, 2.75) is 20.0 Å². The molecular weight excluding hydrogens is 348 g/mol. The lowest BCUT2D eigenvalue weighted by Gasteiger charge is -2.16. The standard InChI is InChI=1S/C17H17ClN2O5/c1-10-8-13(5-6-14(10)18)25-11(2)17(21)19-15-9-12(20(22)23)4-7-16(15)24-3/h4-9,11H,1-3H3,(H,19,21)/t11-/m1/s1. The summed E-state index contributed by atoms with van der Waals surface area (Å²) in [6.07, 6.45) is -0.829. The van der Waals surface area contributed by atoms with Gasteiger partial charge in [0.15, 0.2) is 6.10 Å². The summed E-state index contributed by atoms with van der Waals surface area (Å²) in [5.41, 5.74) is 0.870. The SMILES string of the molecule is COc1ccc([N+](=O)[O-])cc1NC(=O)[C@@H](C)Oc1ccc(Cl)c(C)c1. The zero-order valence-corrected chi connectivity index (χ0v) is 14.7. The van der Waals surface area contributed by atoms with E-state index in [2.05, 4.69) is 5.32 Å². The summed E-state index contributed by atoms with van der Waals surface area (Å²) in [7, 11) is 1.41. The third-order valence-electron chi connectivity index (χ3n) is 3.46. The fourth-order valence-corrected chi connectivity index (χ4v) is 2.21. The molecular formula is C17H17ClN2O5. The molecule has 2 aromatic carbocycles. The number of nitrogens with zero attached hydrogens (tertiary/aromatic N) is 1. The quantitative estimate of drug-likeness (QED) is 0.618. The number of halogens is 1. The van der Waals surface area contributed by atoms with Crippen molar-refractivity contribution < 1.29 is 19.2 Å². The summed E-state index contributed by atoms with van der Waals surface area (Å²) in [6, 6.07) is 9.01. The lowest BCUT2D eigenvalue weighted by Crippen LogP contribution is -2.30. The number of non-ortho nitro benzene ring substituents is 1. The average Bonchev–Trinajstić information content (AvgIpc) is 2.57. The van der Waals surface area contributed by atoms with Gasteiger partial charge in [0, 0.05) is 17.2 Å². The van der Waals surface area contributed by atoms with Crippen LogP contribution >= 0.6 is 11.6 Å². The van der Waals surface area contributed by atoms with Gasteiger partial charge in [-0.1, -0.05) is 11.6 Å². The number of carbonyl (C=O) groups excluding carboxylic acids is 1. The van der Waals surface area contributed by atoms with Gasteiger partial charge in [-0.2, -0.15) is 0 Å². The fourth-order valence-electron chi connectivity index (χ4n) is 2.09. The molecule has 8 heteroatoms. The van der Waals surface area contributed by atoms with Crippen LogP contribution in [0.5, 0.6) is 11.5 Å². The first kappa shape index (κ1) is 18.5. The first-order valence-corrected chi connectivity index (χ1v) is 7.75. The van der Waals surface area contributed by atoms with Crippen molar-refractivity contribution in [3.63, 3.8) is 0 Å². The molecule has 0 saturated heterocycles. The van der Waals surface area contributed by atoms with Crippen LogP contribution in [-0.4, -0.2) is 24.0 Å². The maximum Gasteiger partial charge on any atom is 0.271 e. The highest BCUT2D eigenvalue weighted by Crippen LogP contribution is 2.29.